The van der Waals surface area contributed by atoms with Crippen LogP contribution in [-0.4, -0.2) is 34.7 Å². The van der Waals surface area contributed by atoms with Crippen molar-refractivity contribution in [3.05, 3.63) is 84.4 Å². The monoisotopic (exact) mass is 387 g/mol. The van der Waals surface area contributed by atoms with Crippen LogP contribution in [0, 0.1) is 0 Å². The summed E-state index contributed by atoms with van der Waals surface area (Å²) in [6.07, 6.45) is 6.87. The molecule has 0 bridgehead atoms. The maximum atomic E-state index is 12.5. The number of likely N-dealkylation sites (N-methyl/N-ethyl adjacent to an activating group) is 1. The van der Waals surface area contributed by atoms with Gasteiger partial charge in [0.1, 0.15) is 5.76 Å². The normalized spacial score (nSPS) is 11.2. The molecule has 2 heterocycles. The number of hydrogen-bond acceptors (Lipinski definition) is 4. The van der Waals surface area contributed by atoms with E-state index >= 15 is 0 Å². The highest BCUT2D eigenvalue weighted by Gasteiger charge is 2.10. The topological polar surface area (TPSA) is 60.5 Å². The molecule has 6 nitrogen and oxygen atoms in total. The van der Waals surface area contributed by atoms with Crippen molar-refractivity contribution >= 4 is 23.0 Å². The van der Waals surface area contributed by atoms with Gasteiger partial charge in [0.15, 0.2) is 11.3 Å². The molecule has 0 N–H and O–H groups in total. The first-order valence-corrected chi connectivity index (χ1v) is 9.23. The fourth-order valence-electron chi connectivity index (χ4n) is 3.10. The fourth-order valence-corrected chi connectivity index (χ4v) is 3.10. The van der Waals surface area contributed by atoms with Crippen molar-refractivity contribution in [2.75, 3.05) is 14.2 Å². The van der Waals surface area contributed by atoms with Gasteiger partial charge in [0.05, 0.1) is 19.0 Å². The molecule has 0 radical (unpaired) electrons. The number of nitrogens with zero attached hydrogens (tertiary/aromatic N) is 3. The van der Waals surface area contributed by atoms with Gasteiger partial charge < -0.3 is 14.1 Å². The number of benzene rings is 2. The number of carbonyl (C=O) groups is 1. The third-order valence-electron chi connectivity index (χ3n) is 4.59. The quantitative estimate of drug-likeness (QED) is 0.463. The van der Waals surface area contributed by atoms with Crippen molar-refractivity contribution in [3.8, 4) is 11.4 Å². The van der Waals surface area contributed by atoms with Crippen LogP contribution in [0.3, 0.4) is 0 Å². The smallest absolute Gasteiger partial charge is 0.246 e. The Morgan fingerprint density at radius 1 is 1.21 bits per heavy atom. The minimum atomic E-state index is -0.120. The number of methoxy groups -OCH3 is 1. The van der Waals surface area contributed by atoms with Gasteiger partial charge >= 0.3 is 0 Å². The molecule has 0 aliphatic heterocycles. The summed E-state index contributed by atoms with van der Waals surface area (Å²) < 4.78 is 12.9. The zero-order chi connectivity index (χ0) is 20.2. The van der Waals surface area contributed by atoms with E-state index in [1.807, 2.05) is 60.8 Å². The lowest BCUT2D eigenvalue weighted by molar-refractivity contribution is -0.125. The van der Waals surface area contributed by atoms with Gasteiger partial charge in [0.2, 0.25) is 5.91 Å². The summed E-state index contributed by atoms with van der Waals surface area (Å²) in [7, 11) is 3.36. The van der Waals surface area contributed by atoms with E-state index < -0.39 is 0 Å². The van der Waals surface area contributed by atoms with E-state index in [1.54, 1.807) is 36.0 Å². The zero-order valence-corrected chi connectivity index (χ0v) is 16.3. The summed E-state index contributed by atoms with van der Waals surface area (Å²) >= 11 is 0. The summed E-state index contributed by atoms with van der Waals surface area (Å²) in [4.78, 5) is 14.1. The predicted molar refractivity (Wildman–Crippen MR) is 112 cm³/mol. The molecular weight excluding hydrogens is 366 g/mol. The van der Waals surface area contributed by atoms with E-state index in [1.165, 1.54) is 6.08 Å². The number of rotatable bonds is 6. The van der Waals surface area contributed by atoms with Gasteiger partial charge in [0, 0.05) is 36.8 Å². The van der Waals surface area contributed by atoms with Crippen LogP contribution in [0.4, 0.5) is 0 Å². The van der Waals surface area contributed by atoms with Gasteiger partial charge in [0.25, 0.3) is 0 Å². The number of hydrogen-bond donors (Lipinski definition) is 0. The van der Waals surface area contributed by atoms with Gasteiger partial charge in [-0.15, -0.1) is 0 Å². The maximum Gasteiger partial charge on any atom is 0.246 e. The van der Waals surface area contributed by atoms with Gasteiger partial charge in [-0.1, -0.05) is 30.3 Å². The van der Waals surface area contributed by atoms with Crippen LogP contribution in [0.15, 0.2) is 77.5 Å². The number of aromatic nitrogens is 2. The average Bonchev–Trinajstić information content (AvgIpc) is 3.39. The number of fused-ring (bicyclic) bond motifs is 1. The molecule has 0 aliphatic carbocycles. The number of furan rings is 1. The molecule has 0 fully saturated rings. The second kappa shape index (κ2) is 8.06. The number of amides is 1. The highest BCUT2D eigenvalue weighted by atomic mass is 16.5. The van der Waals surface area contributed by atoms with E-state index in [2.05, 4.69) is 5.10 Å². The Kier molecular flexibility index (Phi) is 5.16. The van der Waals surface area contributed by atoms with E-state index in [9.17, 15) is 4.79 Å². The number of carbonyl (C=O) groups excluding carboxylic acids is 1. The summed E-state index contributed by atoms with van der Waals surface area (Å²) in [6.45, 7) is 0.462. The zero-order valence-electron chi connectivity index (χ0n) is 16.3. The van der Waals surface area contributed by atoms with Crippen molar-refractivity contribution in [1.29, 1.82) is 0 Å². The Labute approximate surface area is 168 Å². The molecule has 0 unspecified atom stereocenters. The third kappa shape index (κ3) is 4.06. The lowest BCUT2D eigenvalue weighted by atomic mass is 10.2. The first-order valence-electron chi connectivity index (χ1n) is 9.23. The molecule has 0 saturated heterocycles. The lowest BCUT2D eigenvalue weighted by Crippen LogP contribution is -2.23. The molecule has 2 aromatic heterocycles. The molecule has 0 atom stereocenters. The van der Waals surface area contributed by atoms with Crippen LogP contribution >= 0.6 is 0 Å². The molecule has 0 aliphatic rings. The van der Waals surface area contributed by atoms with E-state index in [4.69, 9.17) is 9.15 Å². The molecule has 2 aromatic carbocycles. The number of ether oxygens (including phenoxy) is 1. The Hall–Kier alpha value is -3.80. The molecule has 1 amide bonds. The second-order valence-corrected chi connectivity index (χ2v) is 6.68. The van der Waals surface area contributed by atoms with Crippen molar-refractivity contribution in [2.24, 2.45) is 0 Å². The Bertz CT molecular complexity index is 1160. The highest BCUT2D eigenvalue weighted by Crippen LogP contribution is 2.28. The van der Waals surface area contributed by atoms with Crippen LogP contribution in [-0.2, 0) is 11.3 Å². The molecule has 146 valence electrons. The van der Waals surface area contributed by atoms with Crippen LogP contribution in [0.5, 0.6) is 5.75 Å². The maximum absolute atomic E-state index is 12.5. The number of para-hydroxylation sites is 2. The fraction of sp³-hybridized carbons (Fsp3) is 0.130. The van der Waals surface area contributed by atoms with Crippen LogP contribution in [0.2, 0.25) is 0 Å². The third-order valence-corrected chi connectivity index (χ3v) is 4.59. The van der Waals surface area contributed by atoms with E-state index in [-0.39, 0.29) is 5.91 Å². The van der Waals surface area contributed by atoms with E-state index in [0.717, 1.165) is 16.6 Å². The van der Waals surface area contributed by atoms with Crippen LogP contribution in [0.25, 0.3) is 22.7 Å². The predicted octanol–water partition coefficient (Wildman–Crippen LogP) is 4.30. The minimum Gasteiger partial charge on any atom is -0.493 e. The summed E-state index contributed by atoms with van der Waals surface area (Å²) in [5, 5.41) is 5.30. The Morgan fingerprint density at radius 2 is 2.03 bits per heavy atom. The van der Waals surface area contributed by atoms with Crippen molar-refractivity contribution in [1.82, 2.24) is 14.7 Å². The van der Waals surface area contributed by atoms with Crippen molar-refractivity contribution < 1.29 is 13.9 Å². The second-order valence-electron chi connectivity index (χ2n) is 6.68. The van der Waals surface area contributed by atoms with Gasteiger partial charge in [-0.25, -0.2) is 4.68 Å². The molecule has 0 saturated carbocycles. The van der Waals surface area contributed by atoms with Crippen LogP contribution in [0.1, 0.15) is 11.3 Å². The van der Waals surface area contributed by atoms with Crippen molar-refractivity contribution in [2.45, 2.75) is 6.54 Å². The molecule has 6 heteroatoms. The Balaban J connectivity index is 1.43. The molecule has 29 heavy (non-hydrogen) atoms. The standard InChI is InChI=1S/C23H21N3O3/c1-25(15-17-14-24-26(16-17)19-8-4-3-5-9-19)22(27)12-11-20-13-18-7-6-10-21(28-2)23(18)29-20/h3-14,16H,15H2,1-2H3/b12-11+. The molecular formula is C23H21N3O3. The SMILES string of the molecule is COc1cccc2cc(/C=C/C(=O)N(C)Cc3cnn(-c4ccccc4)c3)oc12. The largest absolute Gasteiger partial charge is 0.493 e. The Morgan fingerprint density at radius 3 is 2.83 bits per heavy atom. The average molecular weight is 387 g/mol. The lowest BCUT2D eigenvalue weighted by Gasteiger charge is -2.13. The molecule has 4 rings (SSSR count). The van der Waals surface area contributed by atoms with Crippen LogP contribution < -0.4 is 4.74 Å². The van der Waals surface area contributed by atoms with Crippen molar-refractivity contribution in [3.63, 3.8) is 0 Å². The molecule has 0 spiro atoms. The van der Waals surface area contributed by atoms with Gasteiger partial charge in [-0.05, 0) is 30.3 Å². The minimum absolute atomic E-state index is 0.120. The highest BCUT2D eigenvalue weighted by molar-refractivity contribution is 5.92. The van der Waals surface area contributed by atoms with Gasteiger partial charge in [-0.2, -0.15) is 5.10 Å². The summed E-state index contributed by atoms with van der Waals surface area (Å²) in [5.41, 5.74) is 2.60. The summed E-state index contributed by atoms with van der Waals surface area (Å²) in [6, 6.07) is 17.4. The summed E-state index contributed by atoms with van der Waals surface area (Å²) in [5.74, 6) is 1.15. The first kappa shape index (κ1) is 18.6. The van der Waals surface area contributed by atoms with E-state index in [0.29, 0.717) is 23.6 Å². The molecule has 4 aromatic rings. The first-order chi connectivity index (χ1) is 14.1. The van der Waals surface area contributed by atoms with Gasteiger partial charge in [-0.3, -0.25) is 4.79 Å².